The number of fused-ring (bicyclic) bond motifs is 2. The highest BCUT2D eigenvalue weighted by Crippen LogP contribution is 2.28. The Morgan fingerprint density at radius 1 is 0.947 bits per heavy atom. The molecule has 0 fully saturated rings. The predicted molar refractivity (Wildman–Crippen MR) is 78.8 cm³/mol. The molecule has 0 atom stereocenters. The zero-order chi connectivity index (χ0) is 13.2. The van der Waals surface area contributed by atoms with E-state index in [-0.39, 0.29) is 0 Å². The third-order valence-electron chi connectivity index (χ3n) is 3.34. The van der Waals surface area contributed by atoms with Gasteiger partial charge in [0.15, 0.2) is 5.84 Å². The van der Waals surface area contributed by atoms with Gasteiger partial charge >= 0.3 is 0 Å². The first kappa shape index (κ1) is 11.7. The quantitative estimate of drug-likeness (QED) is 0.301. The smallest absolute Gasteiger partial charge is 0.153 e. The molecule has 0 radical (unpaired) electrons. The van der Waals surface area contributed by atoms with Crippen molar-refractivity contribution in [3.63, 3.8) is 0 Å². The van der Waals surface area contributed by atoms with Crippen molar-refractivity contribution < 1.29 is 5.21 Å². The summed E-state index contributed by atoms with van der Waals surface area (Å²) >= 11 is 0. The van der Waals surface area contributed by atoms with Gasteiger partial charge in [0.2, 0.25) is 0 Å². The Bertz CT molecular complexity index is 724. The van der Waals surface area contributed by atoms with Gasteiger partial charge in [0.1, 0.15) is 0 Å². The summed E-state index contributed by atoms with van der Waals surface area (Å²) in [6.45, 7) is 0. The van der Waals surface area contributed by atoms with Crippen LogP contribution in [0, 0.1) is 0 Å². The second kappa shape index (κ2) is 4.71. The van der Waals surface area contributed by atoms with Gasteiger partial charge in [0, 0.05) is 12.6 Å². The molecule has 0 unspecified atom stereocenters. The van der Waals surface area contributed by atoms with Gasteiger partial charge < -0.3 is 0 Å². The van der Waals surface area contributed by atoms with Crippen LogP contribution in [0.4, 0.5) is 0 Å². The van der Waals surface area contributed by atoms with Crippen LogP contribution in [0.25, 0.3) is 21.5 Å². The molecular weight excluding hydrogens is 236 g/mol. The van der Waals surface area contributed by atoms with Crippen LogP contribution in [0.2, 0.25) is 0 Å². The highest BCUT2D eigenvalue weighted by Gasteiger charge is 2.11. The summed E-state index contributed by atoms with van der Waals surface area (Å²) in [5, 5.41) is 13.7. The van der Waals surface area contributed by atoms with Crippen molar-refractivity contribution >= 4 is 27.4 Å². The number of hydroxylamine groups is 1. The third-order valence-corrected chi connectivity index (χ3v) is 3.34. The van der Waals surface area contributed by atoms with E-state index in [9.17, 15) is 5.21 Å². The van der Waals surface area contributed by atoms with Crippen LogP contribution < -0.4 is 5.48 Å². The Hall–Kier alpha value is -2.39. The lowest BCUT2D eigenvalue weighted by Gasteiger charge is -2.12. The normalized spacial score (nSPS) is 12.0. The predicted octanol–water partition coefficient (Wildman–Crippen LogP) is 3.35. The molecule has 0 saturated heterocycles. The van der Waals surface area contributed by atoms with E-state index in [2.05, 4.69) is 28.7 Å². The number of hydrogen-bond acceptors (Lipinski definition) is 2. The molecule has 0 aromatic heterocycles. The number of amidine groups is 1. The minimum absolute atomic E-state index is 0.480. The van der Waals surface area contributed by atoms with E-state index in [1.54, 1.807) is 7.05 Å². The zero-order valence-corrected chi connectivity index (χ0v) is 10.6. The van der Waals surface area contributed by atoms with Gasteiger partial charge in [-0.2, -0.15) is 0 Å². The molecule has 19 heavy (non-hydrogen) atoms. The van der Waals surface area contributed by atoms with E-state index < -0.39 is 0 Å². The molecular formula is C16H14N2O. The zero-order valence-electron chi connectivity index (χ0n) is 10.6. The minimum atomic E-state index is 0.480. The van der Waals surface area contributed by atoms with Crippen molar-refractivity contribution in [1.82, 2.24) is 5.48 Å². The summed E-state index contributed by atoms with van der Waals surface area (Å²) in [7, 11) is 1.66. The molecule has 0 spiro atoms. The summed E-state index contributed by atoms with van der Waals surface area (Å²) in [4.78, 5) is 4.13. The van der Waals surface area contributed by atoms with Crippen LogP contribution in [0.15, 0.2) is 59.6 Å². The maximum absolute atomic E-state index is 9.32. The maximum Gasteiger partial charge on any atom is 0.153 e. The lowest BCUT2D eigenvalue weighted by molar-refractivity contribution is 0.235. The number of aliphatic imine (C=N–C) groups is 1. The molecule has 0 saturated carbocycles. The molecule has 3 heteroatoms. The fraction of sp³-hybridized carbons (Fsp3) is 0.0625. The van der Waals surface area contributed by atoms with Crippen molar-refractivity contribution in [2.45, 2.75) is 0 Å². The van der Waals surface area contributed by atoms with Crippen LogP contribution in [-0.2, 0) is 0 Å². The molecule has 0 bridgehead atoms. The number of benzene rings is 3. The highest BCUT2D eigenvalue weighted by molar-refractivity contribution is 6.19. The van der Waals surface area contributed by atoms with Crippen LogP contribution in [0.5, 0.6) is 0 Å². The van der Waals surface area contributed by atoms with Crippen LogP contribution >= 0.6 is 0 Å². The van der Waals surface area contributed by atoms with Gasteiger partial charge in [0.05, 0.1) is 0 Å². The second-order valence-electron chi connectivity index (χ2n) is 4.38. The van der Waals surface area contributed by atoms with Gasteiger partial charge in [-0.3, -0.25) is 15.7 Å². The summed E-state index contributed by atoms with van der Waals surface area (Å²) < 4.78 is 0. The molecule has 94 valence electrons. The van der Waals surface area contributed by atoms with Crippen LogP contribution in [0.3, 0.4) is 0 Å². The third kappa shape index (κ3) is 1.84. The first-order valence-electron chi connectivity index (χ1n) is 6.13. The van der Waals surface area contributed by atoms with Crippen molar-refractivity contribution in [2.24, 2.45) is 4.99 Å². The van der Waals surface area contributed by atoms with Crippen LogP contribution in [-0.4, -0.2) is 18.1 Å². The molecule has 0 aliphatic heterocycles. The van der Waals surface area contributed by atoms with E-state index >= 15 is 0 Å². The van der Waals surface area contributed by atoms with E-state index in [0.717, 1.165) is 27.1 Å². The molecule has 0 heterocycles. The molecule has 0 aliphatic carbocycles. The van der Waals surface area contributed by atoms with Gasteiger partial charge in [-0.15, -0.1) is 0 Å². The minimum Gasteiger partial charge on any atom is -0.290 e. The van der Waals surface area contributed by atoms with Crippen molar-refractivity contribution in [2.75, 3.05) is 7.05 Å². The Kier molecular flexibility index (Phi) is 2.89. The average Bonchev–Trinajstić information content (AvgIpc) is 2.47. The lowest BCUT2D eigenvalue weighted by Crippen LogP contribution is -2.20. The molecule has 3 rings (SSSR count). The average molecular weight is 250 g/mol. The second-order valence-corrected chi connectivity index (χ2v) is 4.38. The van der Waals surface area contributed by atoms with E-state index in [0.29, 0.717) is 5.84 Å². The van der Waals surface area contributed by atoms with Gasteiger partial charge in [-0.1, -0.05) is 48.5 Å². The summed E-state index contributed by atoms with van der Waals surface area (Å²) in [6, 6.07) is 18.4. The topological polar surface area (TPSA) is 44.6 Å². The van der Waals surface area contributed by atoms with Gasteiger partial charge in [0.25, 0.3) is 0 Å². The Labute approximate surface area is 111 Å². The lowest BCUT2D eigenvalue weighted by atomic mass is 9.96. The van der Waals surface area contributed by atoms with E-state index in [1.165, 1.54) is 0 Å². The summed E-state index contributed by atoms with van der Waals surface area (Å²) in [6.07, 6.45) is 0. The van der Waals surface area contributed by atoms with Gasteiger partial charge in [-0.25, -0.2) is 0 Å². The monoisotopic (exact) mass is 250 g/mol. The van der Waals surface area contributed by atoms with Crippen molar-refractivity contribution in [1.29, 1.82) is 0 Å². The summed E-state index contributed by atoms with van der Waals surface area (Å²) in [5.74, 6) is 0.480. The largest absolute Gasteiger partial charge is 0.290 e. The number of nitrogens with one attached hydrogen (secondary N) is 1. The molecule has 3 aromatic rings. The molecule has 2 N–H and O–H groups in total. The van der Waals surface area contributed by atoms with E-state index in [4.69, 9.17) is 0 Å². The fourth-order valence-corrected chi connectivity index (χ4v) is 2.49. The molecule has 0 aliphatic rings. The first-order chi connectivity index (χ1) is 9.35. The fourth-order valence-electron chi connectivity index (χ4n) is 2.49. The Morgan fingerprint density at radius 2 is 1.47 bits per heavy atom. The first-order valence-corrected chi connectivity index (χ1v) is 6.13. The summed E-state index contributed by atoms with van der Waals surface area (Å²) in [5.41, 5.74) is 3.13. The van der Waals surface area contributed by atoms with Gasteiger partial charge in [-0.05, 0) is 27.6 Å². The van der Waals surface area contributed by atoms with E-state index in [1.807, 2.05) is 36.4 Å². The Balaban J connectivity index is 2.53. The Morgan fingerprint density at radius 3 is 1.95 bits per heavy atom. The maximum atomic E-state index is 9.32. The van der Waals surface area contributed by atoms with Crippen LogP contribution in [0.1, 0.15) is 5.56 Å². The van der Waals surface area contributed by atoms with Crippen molar-refractivity contribution in [3.05, 3.63) is 60.2 Å². The SMILES string of the molecule is CN=C(NO)c1c2ccccc2cc2ccccc12. The highest BCUT2D eigenvalue weighted by atomic mass is 16.5. The number of hydrogen-bond donors (Lipinski definition) is 2. The molecule has 3 nitrogen and oxygen atoms in total. The van der Waals surface area contributed by atoms with Crippen molar-refractivity contribution in [3.8, 4) is 0 Å². The number of nitrogens with zero attached hydrogens (tertiary/aromatic N) is 1. The molecule has 3 aromatic carbocycles. The standard InChI is InChI=1S/C16H14N2O/c1-17-16(18-19)15-13-8-4-2-6-11(13)10-12-7-3-5-9-14(12)15/h2-10,19H,1H3,(H,17,18). The molecule has 0 amide bonds. The number of rotatable bonds is 1.